The summed E-state index contributed by atoms with van der Waals surface area (Å²) in [6.45, 7) is 0.170. The standard InChI is InChI=1S/C14H13FN2O4/c1-21-13-2-3-14(18)9(4-13)8-16-11-5-10(15)6-12(7-11)17(19)20/h2-7,16,18H,8H2,1H3. The first-order valence-corrected chi connectivity index (χ1v) is 6.04. The zero-order valence-electron chi connectivity index (χ0n) is 11.2. The summed E-state index contributed by atoms with van der Waals surface area (Å²) in [5.41, 5.74) is 0.442. The zero-order valence-corrected chi connectivity index (χ0v) is 11.2. The van der Waals surface area contributed by atoms with Gasteiger partial charge in [0.25, 0.3) is 5.69 Å². The number of nitrogens with one attached hydrogen (secondary N) is 1. The molecule has 0 aliphatic carbocycles. The van der Waals surface area contributed by atoms with Crippen LogP contribution in [0.25, 0.3) is 0 Å². The summed E-state index contributed by atoms with van der Waals surface area (Å²) in [6, 6.07) is 7.91. The van der Waals surface area contributed by atoms with Crippen molar-refractivity contribution in [3.8, 4) is 11.5 Å². The summed E-state index contributed by atoms with van der Waals surface area (Å²) in [4.78, 5) is 10.0. The minimum absolute atomic E-state index is 0.0502. The SMILES string of the molecule is COc1ccc(O)c(CNc2cc(F)cc([N+](=O)[O-])c2)c1. The molecule has 0 amide bonds. The Kier molecular flexibility index (Phi) is 4.22. The second-order valence-electron chi connectivity index (χ2n) is 4.30. The number of halogens is 1. The molecule has 0 unspecified atom stereocenters. The van der Waals surface area contributed by atoms with E-state index in [9.17, 15) is 19.6 Å². The van der Waals surface area contributed by atoms with E-state index in [-0.39, 0.29) is 23.7 Å². The van der Waals surface area contributed by atoms with Crippen LogP contribution < -0.4 is 10.1 Å². The van der Waals surface area contributed by atoms with Crippen LogP contribution in [0, 0.1) is 15.9 Å². The van der Waals surface area contributed by atoms with Gasteiger partial charge in [0.2, 0.25) is 0 Å². The van der Waals surface area contributed by atoms with Gasteiger partial charge in [-0.3, -0.25) is 10.1 Å². The molecule has 110 valence electrons. The van der Waals surface area contributed by atoms with Crippen molar-refractivity contribution >= 4 is 11.4 Å². The Bertz CT molecular complexity index is 676. The summed E-state index contributed by atoms with van der Waals surface area (Å²) < 4.78 is 18.3. The predicted molar refractivity (Wildman–Crippen MR) is 75.0 cm³/mol. The molecule has 0 aliphatic heterocycles. The van der Waals surface area contributed by atoms with Gasteiger partial charge in [-0.15, -0.1) is 0 Å². The summed E-state index contributed by atoms with van der Waals surface area (Å²) >= 11 is 0. The van der Waals surface area contributed by atoms with E-state index in [0.29, 0.717) is 11.3 Å². The predicted octanol–water partition coefficient (Wildman–Crippen LogP) is 3.06. The number of methoxy groups -OCH3 is 1. The Morgan fingerprint density at radius 3 is 2.76 bits per heavy atom. The maximum atomic E-state index is 13.3. The summed E-state index contributed by atoms with van der Waals surface area (Å²) in [6.07, 6.45) is 0. The van der Waals surface area contributed by atoms with Crippen LogP contribution in [0.15, 0.2) is 36.4 Å². The summed E-state index contributed by atoms with van der Waals surface area (Å²) in [5.74, 6) is -0.0920. The minimum Gasteiger partial charge on any atom is -0.508 e. The highest BCUT2D eigenvalue weighted by atomic mass is 19.1. The van der Waals surface area contributed by atoms with Gasteiger partial charge >= 0.3 is 0 Å². The van der Waals surface area contributed by atoms with E-state index in [1.54, 1.807) is 12.1 Å². The fraction of sp³-hybridized carbons (Fsp3) is 0.143. The van der Waals surface area contributed by atoms with Crippen molar-refractivity contribution in [3.63, 3.8) is 0 Å². The molecule has 2 N–H and O–H groups in total. The third kappa shape index (κ3) is 3.59. The van der Waals surface area contributed by atoms with Crippen molar-refractivity contribution in [2.45, 2.75) is 6.54 Å². The molecule has 0 saturated heterocycles. The first-order chi connectivity index (χ1) is 9.99. The highest BCUT2D eigenvalue weighted by Gasteiger charge is 2.10. The van der Waals surface area contributed by atoms with E-state index >= 15 is 0 Å². The molecule has 0 spiro atoms. The first-order valence-electron chi connectivity index (χ1n) is 6.04. The van der Waals surface area contributed by atoms with Crippen LogP contribution in [-0.2, 0) is 6.54 Å². The number of hydrogen-bond donors (Lipinski definition) is 2. The number of ether oxygens (including phenoxy) is 1. The highest BCUT2D eigenvalue weighted by molar-refractivity contribution is 5.52. The van der Waals surface area contributed by atoms with Crippen molar-refractivity contribution < 1.29 is 19.2 Å². The molecule has 7 heteroatoms. The summed E-state index contributed by atoms with van der Waals surface area (Å²) in [7, 11) is 1.50. The number of nitro groups is 1. The van der Waals surface area contributed by atoms with Gasteiger partial charge < -0.3 is 15.2 Å². The number of non-ortho nitro benzene ring substituents is 1. The Labute approximate surface area is 119 Å². The first kappa shape index (κ1) is 14.6. The lowest BCUT2D eigenvalue weighted by atomic mass is 10.2. The average Bonchev–Trinajstić information content (AvgIpc) is 2.46. The number of nitro benzene ring substituents is 1. The number of phenols is 1. The molecular formula is C14H13FN2O4. The van der Waals surface area contributed by atoms with Gasteiger partial charge in [0.05, 0.1) is 18.1 Å². The van der Waals surface area contributed by atoms with E-state index in [1.807, 2.05) is 0 Å². The molecule has 0 radical (unpaired) electrons. The molecule has 2 aromatic rings. The molecular weight excluding hydrogens is 279 g/mol. The number of hydrogen-bond acceptors (Lipinski definition) is 5. The number of anilines is 1. The molecule has 0 atom stereocenters. The quantitative estimate of drug-likeness (QED) is 0.653. The summed E-state index contributed by atoms with van der Waals surface area (Å²) in [5, 5.41) is 23.2. The van der Waals surface area contributed by atoms with Crippen LogP contribution in [0.1, 0.15) is 5.56 Å². The van der Waals surface area contributed by atoms with Crippen molar-refractivity contribution in [1.82, 2.24) is 0 Å². The molecule has 0 aliphatic rings. The van der Waals surface area contributed by atoms with Crippen LogP contribution in [0.3, 0.4) is 0 Å². The average molecular weight is 292 g/mol. The van der Waals surface area contributed by atoms with Gasteiger partial charge in [-0.2, -0.15) is 0 Å². The zero-order chi connectivity index (χ0) is 15.4. The number of aromatic hydroxyl groups is 1. The largest absolute Gasteiger partial charge is 0.508 e. The monoisotopic (exact) mass is 292 g/mol. The smallest absolute Gasteiger partial charge is 0.274 e. The molecule has 2 aromatic carbocycles. The third-order valence-electron chi connectivity index (χ3n) is 2.86. The van der Waals surface area contributed by atoms with E-state index in [2.05, 4.69) is 5.32 Å². The Hall–Kier alpha value is -2.83. The van der Waals surface area contributed by atoms with Crippen LogP contribution in [-0.4, -0.2) is 17.1 Å². The molecule has 6 nitrogen and oxygen atoms in total. The maximum absolute atomic E-state index is 13.3. The molecule has 0 fully saturated rings. The van der Waals surface area contributed by atoms with Crippen LogP contribution in [0.2, 0.25) is 0 Å². The van der Waals surface area contributed by atoms with Crippen LogP contribution in [0.5, 0.6) is 11.5 Å². The maximum Gasteiger partial charge on any atom is 0.274 e. The minimum atomic E-state index is -0.707. The lowest BCUT2D eigenvalue weighted by molar-refractivity contribution is -0.385. The fourth-order valence-electron chi connectivity index (χ4n) is 1.81. The number of nitrogens with zero attached hydrogens (tertiary/aromatic N) is 1. The van der Waals surface area contributed by atoms with Gasteiger partial charge in [0.15, 0.2) is 0 Å². The highest BCUT2D eigenvalue weighted by Crippen LogP contribution is 2.25. The van der Waals surface area contributed by atoms with Crippen molar-refractivity contribution in [2.24, 2.45) is 0 Å². The Morgan fingerprint density at radius 2 is 2.10 bits per heavy atom. The topological polar surface area (TPSA) is 84.6 Å². The van der Waals surface area contributed by atoms with Gasteiger partial charge in [-0.05, 0) is 24.3 Å². The number of benzene rings is 2. The lowest BCUT2D eigenvalue weighted by Gasteiger charge is -2.10. The van der Waals surface area contributed by atoms with E-state index < -0.39 is 10.7 Å². The second-order valence-corrected chi connectivity index (χ2v) is 4.30. The van der Waals surface area contributed by atoms with Gasteiger partial charge in [0.1, 0.15) is 17.3 Å². The molecule has 0 aromatic heterocycles. The number of phenolic OH excluding ortho intramolecular Hbond substituents is 1. The van der Waals surface area contributed by atoms with Gasteiger partial charge in [-0.1, -0.05) is 0 Å². The van der Waals surface area contributed by atoms with Gasteiger partial charge in [0, 0.05) is 23.9 Å². The van der Waals surface area contributed by atoms with E-state index in [4.69, 9.17) is 4.74 Å². The molecule has 0 bridgehead atoms. The van der Waals surface area contributed by atoms with E-state index in [1.165, 1.54) is 19.2 Å². The fourth-order valence-corrected chi connectivity index (χ4v) is 1.81. The van der Waals surface area contributed by atoms with Crippen LogP contribution in [0.4, 0.5) is 15.8 Å². The molecule has 0 heterocycles. The van der Waals surface area contributed by atoms with Crippen molar-refractivity contribution in [2.75, 3.05) is 12.4 Å². The van der Waals surface area contributed by atoms with Crippen molar-refractivity contribution in [3.05, 3.63) is 57.9 Å². The second kappa shape index (κ2) is 6.08. The Morgan fingerprint density at radius 1 is 1.33 bits per heavy atom. The van der Waals surface area contributed by atoms with Crippen LogP contribution >= 0.6 is 0 Å². The lowest BCUT2D eigenvalue weighted by Crippen LogP contribution is -2.01. The normalized spacial score (nSPS) is 10.2. The molecule has 0 saturated carbocycles. The molecule has 21 heavy (non-hydrogen) atoms. The van der Waals surface area contributed by atoms with E-state index in [0.717, 1.165) is 12.1 Å². The van der Waals surface area contributed by atoms with Crippen molar-refractivity contribution in [1.29, 1.82) is 0 Å². The molecule has 2 rings (SSSR count). The van der Waals surface area contributed by atoms with Gasteiger partial charge in [-0.25, -0.2) is 4.39 Å². The third-order valence-corrected chi connectivity index (χ3v) is 2.86. The number of rotatable bonds is 5. The Balaban J connectivity index is 2.18.